The Morgan fingerprint density at radius 3 is 2.71 bits per heavy atom. The van der Waals surface area contributed by atoms with Crippen molar-refractivity contribution in [2.24, 2.45) is 5.73 Å². The van der Waals surface area contributed by atoms with E-state index < -0.39 is 17.3 Å². The van der Waals surface area contributed by atoms with Gasteiger partial charge in [-0.05, 0) is 32.0 Å². The number of nitrogens with two attached hydrogens (primary N) is 1. The highest BCUT2D eigenvalue weighted by molar-refractivity contribution is 5.82. The van der Waals surface area contributed by atoms with Crippen molar-refractivity contribution in [1.29, 1.82) is 0 Å². The zero-order valence-electron chi connectivity index (χ0n) is 10.1. The molecule has 5 heteroatoms. The summed E-state index contributed by atoms with van der Waals surface area (Å²) in [7, 11) is 1.43. The first-order chi connectivity index (χ1) is 7.93. The minimum atomic E-state index is -1.44. The van der Waals surface area contributed by atoms with Crippen LogP contribution in [0.1, 0.15) is 19.4 Å². The van der Waals surface area contributed by atoms with Gasteiger partial charge in [0.05, 0.1) is 13.7 Å². The van der Waals surface area contributed by atoms with E-state index in [4.69, 9.17) is 15.2 Å². The fraction of sp³-hybridized carbons (Fsp3) is 0.417. The maximum atomic E-state index is 13.2. The van der Waals surface area contributed by atoms with E-state index in [0.29, 0.717) is 5.75 Å². The number of esters is 1. The Labute approximate surface area is 99.5 Å². The van der Waals surface area contributed by atoms with Crippen molar-refractivity contribution in [2.75, 3.05) is 13.7 Å². The quantitative estimate of drug-likeness (QED) is 0.813. The van der Waals surface area contributed by atoms with Gasteiger partial charge in [-0.1, -0.05) is 0 Å². The van der Waals surface area contributed by atoms with Crippen LogP contribution in [0.3, 0.4) is 0 Å². The molecule has 1 aromatic carbocycles. The number of rotatable bonds is 4. The third kappa shape index (κ3) is 2.74. The van der Waals surface area contributed by atoms with Gasteiger partial charge in [0.25, 0.3) is 0 Å². The summed E-state index contributed by atoms with van der Waals surface area (Å²) in [5, 5.41) is 0. The molecule has 0 aromatic heterocycles. The van der Waals surface area contributed by atoms with Crippen molar-refractivity contribution in [3.05, 3.63) is 29.6 Å². The molecule has 0 bridgehead atoms. The molecule has 0 amide bonds. The van der Waals surface area contributed by atoms with Gasteiger partial charge in [-0.2, -0.15) is 0 Å². The monoisotopic (exact) mass is 241 g/mol. The predicted octanol–water partition coefficient (Wildman–Crippen LogP) is 1.57. The molecule has 1 atom stereocenters. The molecule has 0 spiro atoms. The summed E-state index contributed by atoms with van der Waals surface area (Å²) in [6, 6.07) is 3.84. The molecule has 0 saturated carbocycles. The molecule has 0 heterocycles. The molecule has 4 nitrogen and oxygen atoms in total. The molecule has 17 heavy (non-hydrogen) atoms. The van der Waals surface area contributed by atoms with Crippen LogP contribution in [0.15, 0.2) is 18.2 Å². The van der Waals surface area contributed by atoms with E-state index >= 15 is 0 Å². The maximum absolute atomic E-state index is 13.2. The Morgan fingerprint density at radius 1 is 1.53 bits per heavy atom. The minimum Gasteiger partial charge on any atom is -0.496 e. The second-order valence-electron chi connectivity index (χ2n) is 3.77. The molecule has 0 radical (unpaired) electrons. The Hall–Kier alpha value is -1.62. The highest BCUT2D eigenvalue weighted by atomic mass is 19.1. The fourth-order valence-corrected chi connectivity index (χ4v) is 1.48. The minimum absolute atomic E-state index is 0.212. The third-order valence-electron chi connectivity index (χ3n) is 2.42. The average molecular weight is 241 g/mol. The average Bonchev–Trinajstić information content (AvgIpc) is 2.29. The number of benzene rings is 1. The van der Waals surface area contributed by atoms with Crippen LogP contribution in [0.2, 0.25) is 0 Å². The van der Waals surface area contributed by atoms with Gasteiger partial charge >= 0.3 is 5.97 Å². The van der Waals surface area contributed by atoms with Gasteiger partial charge < -0.3 is 15.2 Å². The van der Waals surface area contributed by atoms with Crippen LogP contribution >= 0.6 is 0 Å². The van der Waals surface area contributed by atoms with Crippen molar-refractivity contribution < 1.29 is 18.7 Å². The lowest BCUT2D eigenvalue weighted by molar-refractivity contribution is -0.149. The first-order valence-electron chi connectivity index (χ1n) is 5.23. The summed E-state index contributed by atoms with van der Waals surface area (Å²) >= 11 is 0. The number of ether oxygens (including phenoxy) is 2. The van der Waals surface area contributed by atoms with Gasteiger partial charge in [0.15, 0.2) is 0 Å². The second-order valence-corrected chi connectivity index (χ2v) is 3.77. The van der Waals surface area contributed by atoms with E-state index in [1.807, 2.05) is 0 Å². The number of carbonyl (C=O) groups is 1. The summed E-state index contributed by atoms with van der Waals surface area (Å²) in [6.07, 6.45) is 0. The zero-order valence-corrected chi connectivity index (χ0v) is 10.1. The smallest absolute Gasteiger partial charge is 0.330 e. The molecule has 2 N–H and O–H groups in total. The molecule has 0 aliphatic rings. The SMILES string of the molecule is CCOC(=O)C(C)(N)c1cc(F)ccc1OC. The highest BCUT2D eigenvalue weighted by Crippen LogP contribution is 2.29. The standard InChI is InChI=1S/C12H16FNO3/c1-4-17-11(15)12(2,14)9-7-8(13)5-6-10(9)16-3/h5-7H,4,14H2,1-3H3. The van der Waals surface area contributed by atoms with Gasteiger partial charge in [0.2, 0.25) is 0 Å². The first kappa shape index (κ1) is 13.4. The predicted molar refractivity (Wildman–Crippen MR) is 61.1 cm³/mol. The van der Waals surface area contributed by atoms with E-state index in [9.17, 15) is 9.18 Å². The lowest BCUT2D eigenvalue weighted by Gasteiger charge is -2.24. The lowest BCUT2D eigenvalue weighted by Crippen LogP contribution is -2.43. The topological polar surface area (TPSA) is 61.5 Å². The van der Waals surface area contributed by atoms with E-state index in [-0.39, 0.29) is 12.2 Å². The number of hydrogen-bond acceptors (Lipinski definition) is 4. The van der Waals surface area contributed by atoms with Crippen LogP contribution < -0.4 is 10.5 Å². The van der Waals surface area contributed by atoms with E-state index in [1.165, 1.54) is 32.2 Å². The van der Waals surface area contributed by atoms with Gasteiger partial charge in [-0.15, -0.1) is 0 Å². The highest BCUT2D eigenvalue weighted by Gasteiger charge is 2.35. The molecule has 1 unspecified atom stereocenters. The summed E-state index contributed by atoms with van der Waals surface area (Å²) in [5.41, 5.74) is 4.71. The van der Waals surface area contributed by atoms with Crippen LogP contribution in [0.5, 0.6) is 5.75 Å². The van der Waals surface area contributed by atoms with E-state index in [0.717, 1.165) is 0 Å². The molecule has 0 aliphatic heterocycles. The van der Waals surface area contributed by atoms with Crippen molar-refractivity contribution in [2.45, 2.75) is 19.4 Å². The van der Waals surface area contributed by atoms with Gasteiger partial charge in [0, 0.05) is 5.56 Å². The summed E-state index contributed by atoms with van der Waals surface area (Å²) in [6.45, 7) is 3.35. The number of methoxy groups -OCH3 is 1. The lowest BCUT2D eigenvalue weighted by atomic mass is 9.92. The first-order valence-corrected chi connectivity index (χ1v) is 5.23. The Kier molecular flexibility index (Phi) is 4.07. The summed E-state index contributed by atoms with van der Waals surface area (Å²) in [4.78, 5) is 11.7. The van der Waals surface area contributed by atoms with Crippen molar-refractivity contribution in [1.82, 2.24) is 0 Å². The Morgan fingerprint density at radius 2 is 2.18 bits per heavy atom. The van der Waals surface area contributed by atoms with Gasteiger partial charge in [-0.25, -0.2) is 9.18 Å². The normalized spacial score (nSPS) is 13.9. The van der Waals surface area contributed by atoms with E-state index in [2.05, 4.69) is 0 Å². The summed E-state index contributed by atoms with van der Waals surface area (Å²) < 4.78 is 23.1. The molecule has 0 saturated heterocycles. The number of halogens is 1. The second kappa shape index (κ2) is 5.14. The van der Waals surface area contributed by atoms with Gasteiger partial charge in [0.1, 0.15) is 17.1 Å². The zero-order chi connectivity index (χ0) is 13.1. The molecule has 0 aliphatic carbocycles. The fourth-order valence-electron chi connectivity index (χ4n) is 1.48. The van der Waals surface area contributed by atoms with Crippen molar-refractivity contribution in [3.63, 3.8) is 0 Å². The molecular formula is C12H16FNO3. The van der Waals surface area contributed by atoms with Crippen LogP contribution in [0, 0.1) is 5.82 Å². The van der Waals surface area contributed by atoms with Crippen LogP contribution in [-0.4, -0.2) is 19.7 Å². The van der Waals surface area contributed by atoms with E-state index in [1.54, 1.807) is 6.92 Å². The maximum Gasteiger partial charge on any atom is 0.330 e. The van der Waals surface area contributed by atoms with Crippen molar-refractivity contribution >= 4 is 5.97 Å². The van der Waals surface area contributed by atoms with Crippen LogP contribution in [0.4, 0.5) is 4.39 Å². The molecule has 1 rings (SSSR count). The Balaban J connectivity index is 3.21. The Bertz CT molecular complexity index is 418. The van der Waals surface area contributed by atoms with Gasteiger partial charge in [-0.3, -0.25) is 0 Å². The largest absolute Gasteiger partial charge is 0.496 e. The third-order valence-corrected chi connectivity index (χ3v) is 2.42. The molecular weight excluding hydrogens is 225 g/mol. The molecule has 1 aromatic rings. The van der Waals surface area contributed by atoms with Crippen molar-refractivity contribution in [3.8, 4) is 5.75 Å². The number of hydrogen-bond donors (Lipinski definition) is 1. The summed E-state index contributed by atoms with van der Waals surface area (Å²) in [5.74, 6) is -0.755. The van der Waals surface area contributed by atoms with Crippen LogP contribution in [-0.2, 0) is 15.1 Å². The molecule has 0 fully saturated rings. The molecule has 94 valence electrons. The van der Waals surface area contributed by atoms with Crippen LogP contribution in [0.25, 0.3) is 0 Å². The number of carbonyl (C=O) groups excluding carboxylic acids is 1.